The van der Waals surface area contributed by atoms with Crippen LogP contribution in [0.5, 0.6) is 0 Å². The number of alkyl halides is 3. The Hall–Kier alpha value is -1.91. The zero-order valence-electron chi connectivity index (χ0n) is 10.4. The monoisotopic (exact) mass is 325 g/mol. The zero-order chi connectivity index (χ0) is 15.8. The Labute approximate surface area is 121 Å². The highest BCUT2D eigenvalue weighted by molar-refractivity contribution is 7.78. The molecule has 114 valence electrons. The van der Waals surface area contributed by atoms with Gasteiger partial charge in [0.25, 0.3) is 0 Å². The fraction of sp³-hybridized carbons (Fsp3) is 0.300. The van der Waals surface area contributed by atoms with E-state index in [2.05, 4.69) is 27.9 Å². The van der Waals surface area contributed by atoms with Crippen molar-refractivity contribution >= 4 is 19.2 Å². The molecule has 1 aromatic heterocycles. The van der Waals surface area contributed by atoms with Gasteiger partial charge in [0.05, 0.1) is 0 Å². The van der Waals surface area contributed by atoms with E-state index in [0.29, 0.717) is 0 Å². The van der Waals surface area contributed by atoms with Crippen LogP contribution >= 0.6 is 12.8 Å². The van der Waals surface area contributed by atoms with Crippen molar-refractivity contribution in [2.24, 2.45) is 4.99 Å². The Bertz CT molecular complexity index is 618. The lowest BCUT2D eigenvalue weighted by molar-refractivity contribution is -0.111. The molecule has 0 radical (unpaired) electrons. The molecule has 0 saturated heterocycles. The molecular formula is C10H8F5N5S. The van der Waals surface area contributed by atoms with Gasteiger partial charge in [0, 0.05) is 5.57 Å². The highest BCUT2D eigenvalue weighted by atomic mass is 32.1. The van der Waals surface area contributed by atoms with Gasteiger partial charge in [-0.2, -0.15) is 22.7 Å². The van der Waals surface area contributed by atoms with E-state index < -0.39 is 29.7 Å². The zero-order valence-corrected chi connectivity index (χ0v) is 11.3. The summed E-state index contributed by atoms with van der Waals surface area (Å²) in [4.78, 5) is 7.13. The summed E-state index contributed by atoms with van der Waals surface area (Å²) in [6, 6.07) is 0. The van der Waals surface area contributed by atoms with Gasteiger partial charge in [-0.3, -0.25) is 4.31 Å². The van der Waals surface area contributed by atoms with E-state index in [4.69, 9.17) is 0 Å². The molecule has 0 aliphatic carbocycles. The van der Waals surface area contributed by atoms with Gasteiger partial charge in [0.1, 0.15) is 24.7 Å². The number of hydrogen-bond acceptors (Lipinski definition) is 5. The maximum Gasteiger partial charge on any atom is 0.446 e. The van der Waals surface area contributed by atoms with Crippen LogP contribution in [0.25, 0.3) is 0 Å². The predicted molar refractivity (Wildman–Crippen MR) is 66.4 cm³/mol. The molecule has 0 fully saturated rings. The fourth-order valence-electron chi connectivity index (χ4n) is 1.72. The number of nitrogens with zero attached hydrogens (tertiary/aromatic N) is 5. The second kappa shape index (κ2) is 5.47. The Balaban J connectivity index is 2.51. The second-order valence-electron chi connectivity index (χ2n) is 4.03. The molecule has 2 heterocycles. The Morgan fingerprint density at radius 1 is 1.33 bits per heavy atom. The van der Waals surface area contributed by atoms with Crippen LogP contribution < -0.4 is 0 Å². The summed E-state index contributed by atoms with van der Waals surface area (Å²) in [6.45, 7) is 1.30. The number of hydrogen-bond donors (Lipinski definition) is 1. The van der Waals surface area contributed by atoms with E-state index in [1.165, 1.54) is 28.6 Å². The molecule has 1 aromatic rings. The van der Waals surface area contributed by atoms with E-state index in [9.17, 15) is 22.0 Å². The van der Waals surface area contributed by atoms with Crippen LogP contribution in [0, 0.1) is 0 Å². The molecule has 0 spiro atoms. The van der Waals surface area contributed by atoms with Crippen LogP contribution in [-0.2, 0) is 0 Å². The highest BCUT2D eigenvalue weighted by Gasteiger charge is 2.40. The summed E-state index contributed by atoms with van der Waals surface area (Å²) in [5.74, 6) is -4.92. The average Bonchev–Trinajstić information content (AvgIpc) is 2.90. The standard InChI is InChI=1S/C10H8F5N5S/c1-5-7(6(11)8(12)10(13,14)15)17-4-20(21)9(5)19-3-16-2-18-19/h2-4,9,21H,1H3/b8-6-. The largest absolute Gasteiger partial charge is 0.446 e. The topological polar surface area (TPSA) is 46.3 Å². The summed E-state index contributed by atoms with van der Waals surface area (Å²) in [5.41, 5.74) is -0.759. The maximum absolute atomic E-state index is 13.7. The van der Waals surface area contributed by atoms with Gasteiger partial charge in [-0.1, -0.05) is 12.8 Å². The van der Waals surface area contributed by atoms with E-state index in [-0.39, 0.29) is 5.57 Å². The first-order chi connectivity index (χ1) is 9.73. The van der Waals surface area contributed by atoms with Crippen molar-refractivity contribution in [1.82, 2.24) is 19.1 Å². The minimum Gasteiger partial charge on any atom is -0.281 e. The number of thiol groups is 1. The Kier molecular flexibility index (Phi) is 4.03. The molecule has 1 aliphatic heterocycles. The summed E-state index contributed by atoms with van der Waals surface area (Å²) >= 11 is 4.03. The molecule has 0 saturated carbocycles. The molecule has 0 amide bonds. The maximum atomic E-state index is 13.7. The molecule has 2 rings (SSSR count). The summed E-state index contributed by atoms with van der Waals surface area (Å²) in [5, 5.41) is 3.79. The first-order valence-electron chi connectivity index (χ1n) is 5.42. The van der Waals surface area contributed by atoms with E-state index in [0.717, 1.165) is 6.34 Å². The van der Waals surface area contributed by atoms with Crippen molar-refractivity contribution in [2.45, 2.75) is 19.3 Å². The SMILES string of the molecule is CC1=C(/C(F)=C(/F)C(F)(F)F)N=CN(S)C1n1cncn1. The van der Waals surface area contributed by atoms with E-state index in [1.807, 2.05) is 0 Å². The third-order valence-electron chi connectivity index (χ3n) is 2.65. The average molecular weight is 325 g/mol. The van der Waals surface area contributed by atoms with Gasteiger partial charge in [-0.15, -0.1) is 0 Å². The summed E-state index contributed by atoms with van der Waals surface area (Å²) < 4.78 is 65.8. The Morgan fingerprint density at radius 3 is 2.52 bits per heavy atom. The third kappa shape index (κ3) is 2.91. The predicted octanol–water partition coefficient (Wildman–Crippen LogP) is 2.95. The van der Waals surface area contributed by atoms with Gasteiger partial charge >= 0.3 is 6.18 Å². The number of rotatable bonds is 2. The quantitative estimate of drug-likeness (QED) is 0.672. The number of aliphatic imine (C=N–C) groups is 1. The minimum absolute atomic E-state index is 0.00472. The number of allylic oxidation sites excluding steroid dienone is 2. The highest BCUT2D eigenvalue weighted by Crippen LogP contribution is 2.37. The lowest BCUT2D eigenvalue weighted by Crippen LogP contribution is -2.29. The smallest absolute Gasteiger partial charge is 0.281 e. The Morgan fingerprint density at radius 2 is 2.00 bits per heavy atom. The van der Waals surface area contributed by atoms with Crippen molar-refractivity contribution in [2.75, 3.05) is 0 Å². The van der Waals surface area contributed by atoms with Crippen molar-refractivity contribution < 1.29 is 22.0 Å². The molecular weight excluding hydrogens is 317 g/mol. The van der Waals surface area contributed by atoms with Crippen molar-refractivity contribution in [3.8, 4) is 0 Å². The van der Waals surface area contributed by atoms with Gasteiger partial charge in [-0.25, -0.2) is 19.0 Å². The van der Waals surface area contributed by atoms with E-state index >= 15 is 0 Å². The molecule has 0 bridgehead atoms. The van der Waals surface area contributed by atoms with Crippen LogP contribution in [0.15, 0.2) is 40.6 Å². The minimum atomic E-state index is -5.42. The van der Waals surface area contributed by atoms with Gasteiger partial charge in [0.2, 0.25) is 5.83 Å². The number of aromatic nitrogens is 3. The first-order valence-corrected chi connectivity index (χ1v) is 5.82. The van der Waals surface area contributed by atoms with Crippen molar-refractivity contribution in [3.63, 3.8) is 0 Å². The molecule has 0 N–H and O–H groups in total. The molecule has 11 heteroatoms. The molecule has 21 heavy (non-hydrogen) atoms. The molecule has 0 aromatic carbocycles. The second-order valence-corrected chi connectivity index (χ2v) is 4.49. The van der Waals surface area contributed by atoms with E-state index in [1.54, 1.807) is 0 Å². The van der Waals surface area contributed by atoms with Crippen molar-refractivity contribution in [1.29, 1.82) is 0 Å². The normalized spacial score (nSPS) is 20.9. The van der Waals surface area contributed by atoms with Crippen LogP contribution in [-0.4, -0.2) is 31.6 Å². The number of halogens is 5. The molecule has 1 aliphatic rings. The van der Waals surface area contributed by atoms with Crippen LogP contribution in [0.1, 0.15) is 13.1 Å². The van der Waals surface area contributed by atoms with Gasteiger partial charge in [-0.05, 0) is 6.92 Å². The third-order valence-corrected chi connectivity index (χ3v) is 2.98. The summed E-state index contributed by atoms with van der Waals surface area (Å²) in [6.07, 6.45) is -2.90. The molecule has 5 nitrogen and oxygen atoms in total. The van der Waals surface area contributed by atoms with Crippen LogP contribution in [0.2, 0.25) is 0 Å². The van der Waals surface area contributed by atoms with Crippen LogP contribution in [0.4, 0.5) is 22.0 Å². The van der Waals surface area contributed by atoms with Crippen molar-refractivity contribution in [3.05, 3.63) is 35.6 Å². The van der Waals surface area contributed by atoms with Gasteiger partial charge in [0.15, 0.2) is 12.0 Å². The fourth-order valence-corrected chi connectivity index (χ4v) is 2.05. The summed E-state index contributed by atoms with van der Waals surface area (Å²) in [7, 11) is 0. The van der Waals surface area contributed by atoms with Gasteiger partial charge < -0.3 is 0 Å². The van der Waals surface area contributed by atoms with Crippen LogP contribution in [0.3, 0.4) is 0 Å². The lowest BCUT2D eigenvalue weighted by atomic mass is 10.1. The molecule has 1 atom stereocenters. The molecule has 1 unspecified atom stereocenters. The first kappa shape index (κ1) is 15.5. The lowest BCUT2D eigenvalue weighted by Gasteiger charge is -2.29.